The van der Waals surface area contributed by atoms with Crippen molar-refractivity contribution in [3.63, 3.8) is 0 Å². The van der Waals surface area contributed by atoms with E-state index in [1.807, 2.05) is 17.8 Å². The minimum atomic E-state index is -0.0866. The van der Waals surface area contributed by atoms with Crippen LogP contribution in [0.2, 0.25) is 0 Å². The number of carbonyl (C=O) groups is 1. The summed E-state index contributed by atoms with van der Waals surface area (Å²) < 4.78 is 0. The third-order valence-electron chi connectivity index (χ3n) is 3.62. The van der Waals surface area contributed by atoms with Gasteiger partial charge in [-0.2, -0.15) is 11.8 Å². The molecule has 0 saturated heterocycles. The third kappa shape index (κ3) is 3.35. The van der Waals surface area contributed by atoms with Crippen molar-refractivity contribution in [2.75, 3.05) is 24.4 Å². The summed E-state index contributed by atoms with van der Waals surface area (Å²) in [6.07, 6.45) is 5.72. The number of anilines is 2. The lowest BCUT2D eigenvalue weighted by atomic mass is 10.1. The van der Waals surface area contributed by atoms with Crippen molar-refractivity contribution in [3.05, 3.63) is 23.8 Å². The molecule has 4 N–H and O–H groups in total. The minimum absolute atomic E-state index is 0.0866. The van der Waals surface area contributed by atoms with E-state index in [-0.39, 0.29) is 5.91 Å². The summed E-state index contributed by atoms with van der Waals surface area (Å²) in [5.41, 5.74) is 8.18. The van der Waals surface area contributed by atoms with Gasteiger partial charge in [0.25, 0.3) is 5.91 Å². The van der Waals surface area contributed by atoms with Crippen molar-refractivity contribution in [1.29, 1.82) is 0 Å². The SMILES string of the molecule is CNC(=O)c1ccc(N)c(NC2CCC(SC)C2)c1. The largest absolute Gasteiger partial charge is 0.397 e. The molecule has 1 aliphatic rings. The molecule has 0 heterocycles. The number of carbonyl (C=O) groups excluding carboxylic acids is 1. The van der Waals surface area contributed by atoms with Gasteiger partial charge in [-0.15, -0.1) is 0 Å². The number of nitrogens with two attached hydrogens (primary N) is 1. The highest BCUT2D eigenvalue weighted by atomic mass is 32.2. The van der Waals surface area contributed by atoms with Crippen LogP contribution in [0.1, 0.15) is 29.6 Å². The molecule has 0 spiro atoms. The normalized spacial score (nSPS) is 22.2. The fraction of sp³-hybridized carbons (Fsp3) is 0.500. The molecule has 0 bridgehead atoms. The third-order valence-corrected chi connectivity index (χ3v) is 4.71. The lowest BCUT2D eigenvalue weighted by molar-refractivity contribution is 0.0963. The van der Waals surface area contributed by atoms with E-state index >= 15 is 0 Å². The second kappa shape index (κ2) is 6.19. The Kier molecular flexibility index (Phi) is 4.58. The smallest absolute Gasteiger partial charge is 0.251 e. The van der Waals surface area contributed by atoms with Crippen LogP contribution in [-0.2, 0) is 0 Å². The Morgan fingerprint density at radius 2 is 2.21 bits per heavy atom. The Balaban J connectivity index is 2.09. The molecule has 2 unspecified atom stereocenters. The molecule has 5 heteroatoms. The number of amides is 1. The second-order valence-corrected chi connectivity index (χ2v) is 6.03. The van der Waals surface area contributed by atoms with Crippen LogP contribution in [0.5, 0.6) is 0 Å². The van der Waals surface area contributed by atoms with E-state index in [0.29, 0.717) is 17.3 Å². The quantitative estimate of drug-likeness (QED) is 0.740. The highest BCUT2D eigenvalue weighted by Crippen LogP contribution is 2.31. The number of rotatable bonds is 4. The maximum absolute atomic E-state index is 11.6. The van der Waals surface area contributed by atoms with Crippen molar-refractivity contribution >= 4 is 29.0 Å². The van der Waals surface area contributed by atoms with Gasteiger partial charge in [-0.25, -0.2) is 0 Å². The highest BCUT2D eigenvalue weighted by molar-refractivity contribution is 7.99. The van der Waals surface area contributed by atoms with Gasteiger partial charge >= 0.3 is 0 Å². The molecule has 1 aliphatic carbocycles. The number of hydrogen-bond donors (Lipinski definition) is 3. The van der Waals surface area contributed by atoms with Crippen molar-refractivity contribution in [3.8, 4) is 0 Å². The lowest BCUT2D eigenvalue weighted by Crippen LogP contribution is -2.20. The molecule has 2 atom stereocenters. The number of thioether (sulfide) groups is 1. The standard InChI is InChI=1S/C14H21N3OS/c1-16-14(18)9-3-6-12(15)13(7-9)17-10-4-5-11(8-10)19-2/h3,6-7,10-11,17H,4-5,8,15H2,1-2H3,(H,16,18). The van der Waals surface area contributed by atoms with Crippen LogP contribution >= 0.6 is 11.8 Å². The van der Waals surface area contributed by atoms with Crippen LogP contribution in [0.15, 0.2) is 18.2 Å². The fourth-order valence-electron chi connectivity index (χ4n) is 2.47. The van der Waals surface area contributed by atoms with Gasteiger partial charge in [0.15, 0.2) is 0 Å². The summed E-state index contributed by atoms with van der Waals surface area (Å²) in [4.78, 5) is 11.6. The first-order chi connectivity index (χ1) is 9.13. The molecular weight excluding hydrogens is 258 g/mol. The average Bonchev–Trinajstić information content (AvgIpc) is 2.88. The van der Waals surface area contributed by atoms with E-state index in [9.17, 15) is 4.79 Å². The Hall–Kier alpha value is -1.36. The molecule has 1 aromatic rings. The summed E-state index contributed by atoms with van der Waals surface area (Å²) in [7, 11) is 1.63. The van der Waals surface area contributed by atoms with E-state index in [1.165, 1.54) is 6.42 Å². The van der Waals surface area contributed by atoms with E-state index < -0.39 is 0 Å². The van der Waals surface area contributed by atoms with Crippen LogP contribution in [0, 0.1) is 0 Å². The Morgan fingerprint density at radius 3 is 2.84 bits per heavy atom. The predicted molar refractivity (Wildman–Crippen MR) is 82.8 cm³/mol. The van der Waals surface area contributed by atoms with E-state index in [1.54, 1.807) is 19.2 Å². The summed E-state index contributed by atoms with van der Waals surface area (Å²) in [6.45, 7) is 0. The number of hydrogen-bond acceptors (Lipinski definition) is 4. The Bertz CT molecular complexity index is 464. The average molecular weight is 279 g/mol. The topological polar surface area (TPSA) is 67.2 Å². The summed E-state index contributed by atoms with van der Waals surface area (Å²) in [5.74, 6) is -0.0866. The molecule has 19 heavy (non-hydrogen) atoms. The summed E-state index contributed by atoms with van der Waals surface area (Å²) >= 11 is 1.93. The van der Waals surface area contributed by atoms with Crippen LogP contribution in [0.4, 0.5) is 11.4 Å². The summed E-state index contributed by atoms with van der Waals surface area (Å²) in [6, 6.07) is 5.83. The van der Waals surface area contributed by atoms with Crippen molar-refractivity contribution in [2.45, 2.75) is 30.6 Å². The van der Waals surface area contributed by atoms with Gasteiger partial charge in [0, 0.05) is 23.9 Å². The molecule has 1 saturated carbocycles. The number of nitrogens with one attached hydrogen (secondary N) is 2. The van der Waals surface area contributed by atoms with Crippen LogP contribution < -0.4 is 16.4 Å². The molecule has 0 aliphatic heterocycles. The van der Waals surface area contributed by atoms with Crippen LogP contribution in [0.25, 0.3) is 0 Å². The zero-order valence-corrected chi connectivity index (χ0v) is 12.2. The molecule has 1 aromatic carbocycles. The molecule has 104 valence electrons. The van der Waals surface area contributed by atoms with Gasteiger partial charge in [0.2, 0.25) is 0 Å². The molecular formula is C14H21N3OS. The first-order valence-corrected chi connectivity index (χ1v) is 7.83. The number of nitrogen functional groups attached to an aromatic ring is 1. The second-order valence-electron chi connectivity index (χ2n) is 4.89. The fourth-order valence-corrected chi connectivity index (χ4v) is 3.27. The van der Waals surface area contributed by atoms with E-state index in [4.69, 9.17) is 5.73 Å². The monoisotopic (exact) mass is 279 g/mol. The lowest BCUT2D eigenvalue weighted by Gasteiger charge is -2.17. The maximum atomic E-state index is 11.6. The number of benzene rings is 1. The first-order valence-electron chi connectivity index (χ1n) is 6.55. The summed E-state index contributed by atoms with van der Waals surface area (Å²) in [5, 5.41) is 6.84. The minimum Gasteiger partial charge on any atom is -0.397 e. The van der Waals surface area contributed by atoms with Crippen molar-refractivity contribution in [2.24, 2.45) is 0 Å². The van der Waals surface area contributed by atoms with Gasteiger partial charge in [0.05, 0.1) is 11.4 Å². The van der Waals surface area contributed by atoms with Crippen LogP contribution in [0.3, 0.4) is 0 Å². The van der Waals surface area contributed by atoms with Gasteiger partial charge in [0.1, 0.15) is 0 Å². The van der Waals surface area contributed by atoms with Crippen LogP contribution in [-0.4, -0.2) is 30.5 Å². The van der Waals surface area contributed by atoms with E-state index in [0.717, 1.165) is 23.8 Å². The molecule has 1 amide bonds. The predicted octanol–water partition coefficient (Wildman–Crippen LogP) is 2.32. The Labute approximate surface area is 118 Å². The van der Waals surface area contributed by atoms with Gasteiger partial charge < -0.3 is 16.4 Å². The first kappa shape index (κ1) is 14.1. The molecule has 1 fully saturated rings. The van der Waals surface area contributed by atoms with Gasteiger partial charge in [-0.3, -0.25) is 4.79 Å². The zero-order chi connectivity index (χ0) is 13.8. The van der Waals surface area contributed by atoms with Crippen molar-refractivity contribution < 1.29 is 4.79 Å². The van der Waals surface area contributed by atoms with Gasteiger partial charge in [-0.05, 0) is 43.7 Å². The van der Waals surface area contributed by atoms with Gasteiger partial charge in [-0.1, -0.05) is 0 Å². The Morgan fingerprint density at radius 1 is 1.42 bits per heavy atom. The molecule has 0 aromatic heterocycles. The van der Waals surface area contributed by atoms with E-state index in [2.05, 4.69) is 16.9 Å². The zero-order valence-electron chi connectivity index (χ0n) is 11.4. The molecule has 2 rings (SSSR count). The van der Waals surface area contributed by atoms with Crippen molar-refractivity contribution in [1.82, 2.24) is 5.32 Å². The molecule has 4 nitrogen and oxygen atoms in total. The highest BCUT2D eigenvalue weighted by Gasteiger charge is 2.24. The molecule has 0 radical (unpaired) electrons. The maximum Gasteiger partial charge on any atom is 0.251 e.